The van der Waals surface area contributed by atoms with E-state index in [0.717, 1.165) is 24.7 Å². The standard InChI is InChI=1S/C19H21NO3S/c1-13-8-9-16(24(3,22)23)10-17(13)18(21)20-19(2)11-14-6-4-5-7-15(14)12-19/h4-10H,11-12H2,1-3H3,(H,20,21). The summed E-state index contributed by atoms with van der Waals surface area (Å²) in [5, 5.41) is 3.10. The van der Waals surface area contributed by atoms with Gasteiger partial charge in [0, 0.05) is 17.4 Å². The number of hydrogen-bond donors (Lipinski definition) is 1. The molecule has 2 aromatic rings. The lowest BCUT2D eigenvalue weighted by Crippen LogP contribution is -2.47. The van der Waals surface area contributed by atoms with Crippen LogP contribution in [0.1, 0.15) is 34.0 Å². The number of fused-ring (bicyclic) bond motifs is 1. The molecule has 0 fully saturated rings. The number of carbonyl (C=O) groups excluding carboxylic acids is 1. The van der Waals surface area contributed by atoms with E-state index < -0.39 is 9.84 Å². The fraction of sp³-hybridized carbons (Fsp3) is 0.316. The van der Waals surface area contributed by atoms with E-state index in [4.69, 9.17) is 0 Å². The van der Waals surface area contributed by atoms with Crippen LogP contribution in [0.25, 0.3) is 0 Å². The molecule has 126 valence electrons. The molecule has 0 radical (unpaired) electrons. The minimum atomic E-state index is -3.34. The van der Waals surface area contributed by atoms with Gasteiger partial charge in [-0.25, -0.2) is 8.42 Å². The van der Waals surface area contributed by atoms with Crippen LogP contribution >= 0.6 is 0 Å². The molecule has 0 saturated carbocycles. The van der Waals surface area contributed by atoms with Crippen LogP contribution in [0, 0.1) is 6.92 Å². The van der Waals surface area contributed by atoms with Gasteiger partial charge in [0.05, 0.1) is 4.90 Å². The summed E-state index contributed by atoms with van der Waals surface area (Å²) in [6, 6.07) is 12.9. The third kappa shape index (κ3) is 3.22. The molecule has 0 spiro atoms. The Balaban J connectivity index is 1.86. The summed E-state index contributed by atoms with van der Waals surface area (Å²) in [6.45, 7) is 3.84. The van der Waals surface area contributed by atoms with Gasteiger partial charge in [-0.3, -0.25) is 4.79 Å². The Labute approximate surface area is 142 Å². The van der Waals surface area contributed by atoms with E-state index in [-0.39, 0.29) is 16.3 Å². The van der Waals surface area contributed by atoms with Crippen LogP contribution in [0.15, 0.2) is 47.4 Å². The van der Waals surface area contributed by atoms with Crippen molar-refractivity contribution in [1.82, 2.24) is 5.32 Å². The third-order valence-electron chi connectivity index (χ3n) is 4.58. The normalized spacial score (nSPS) is 15.8. The van der Waals surface area contributed by atoms with Gasteiger partial charge in [0.15, 0.2) is 9.84 Å². The topological polar surface area (TPSA) is 63.2 Å². The number of sulfone groups is 1. The van der Waals surface area contributed by atoms with Gasteiger partial charge in [0.1, 0.15) is 0 Å². The van der Waals surface area contributed by atoms with Crippen LogP contribution in [0.2, 0.25) is 0 Å². The van der Waals surface area contributed by atoms with Gasteiger partial charge < -0.3 is 5.32 Å². The van der Waals surface area contributed by atoms with Crippen LogP contribution in [0.5, 0.6) is 0 Å². The second-order valence-corrected chi connectivity index (χ2v) is 8.90. The fourth-order valence-corrected chi connectivity index (χ4v) is 3.96. The molecule has 0 heterocycles. The van der Waals surface area contributed by atoms with Gasteiger partial charge in [-0.05, 0) is 55.5 Å². The predicted molar refractivity (Wildman–Crippen MR) is 94.0 cm³/mol. The molecule has 1 amide bonds. The first-order valence-corrected chi connectivity index (χ1v) is 9.77. The molecule has 1 aliphatic carbocycles. The average Bonchev–Trinajstić information content (AvgIpc) is 2.81. The molecule has 0 atom stereocenters. The van der Waals surface area contributed by atoms with E-state index in [1.807, 2.05) is 26.0 Å². The highest BCUT2D eigenvalue weighted by Gasteiger charge is 2.34. The van der Waals surface area contributed by atoms with Crippen molar-refractivity contribution in [2.24, 2.45) is 0 Å². The number of nitrogens with one attached hydrogen (secondary N) is 1. The number of rotatable bonds is 3. The quantitative estimate of drug-likeness (QED) is 0.932. The molecule has 0 unspecified atom stereocenters. The Morgan fingerprint density at radius 3 is 2.21 bits per heavy atom. The van der Waals surface area contributed by atoms with Gasteiger partial charge >= 0.3 is 0 Å². The second kappa shape index (κ2) is 5.74. The first-order chi connectivity index (χ1) is 11.2. The molecule has 24 heavy (non-hydrogen) atoms. The highest BCUT2D eigenvalue weighted by atomic mass is 32.2. The van der Waals surface area contributed by atoms with E-state index in [1.165, 1.54) is 23.3 Å². The fourth-order valence-electron chi connectivity index (χ4n) is 3.31. The molecule has 3 rings (SSSR count). The first-order valence-electron chi connectivity index (χ1n) is 7.88. The molecule has 5 heteroatoms. The number of carbonyl (C=O) groups is 1. The average molecular weight is 343 g/mol. The summed E-state index contributed by atoms with van der Waals surface area (Å²) in [5.74, 6) is -0.228. The molecule has 0 aromatic heterocycles. The highest BCUT2D eigenvalue weighted by molar-refractivity contribution is 7.90. The maximum Gasteiger partial charge on any atom is 0.252 e. The zero-order valence-corrected chi connectivity index (χ0v) is 14.9. The number of hydrogen-bond acceptors (Lipinski definition) is 3. The number of amides is 1. The monoisotopic (exact) mass is 343 g/mol. The predicted octanol–water partition coefficient (Wildman–Crippen LogP) is 2.69. The van der Waals surface area contributed by atoms with Crippen LogP contribution in [0.4, 0.5) is 0 Å². The Bertz CT molecular complexity index is 891. The van der Waals surface area contributed by atoms with Crippen molar-refractivity contribution in [2.45, 2.75) is 37.1 Å². The van der Waals surface area contributed by atoms with Gasteiger partial charge in [0.25, 0.3) is 5.91 Å². The van der Waals surface area contributed by atoms with Crippen LogP contribution < -0.4 is 5.32 Å². The van der Waals surface area contributed by atoms with Crippen molar-refractivity contribution < 1.29 is 13.2 Å². The Kier molecular flexibility index (Phi) is 4.00. The first kappa shape index (κ1) is 16.7. The maximum atomic E-state index is 12.8. The molecule has 1 N–H and O–H groups in total. The lowest BCUT2D eigenvalue weighted by Gasteiger charge is -2.26. The summed E-state index contributed by atoms with van der Waals surface area (Å²) >= 11 is 0. The van der Waals surface area contributed by atoms with Crippen molar-refractivity contribution in [3.8, 4) is 0 Å². The molecule has 0 bridgehead atoms. The van der Waals surface area contributed by atoms with Crippen LogP contribution in [-0.4, -0.2) is 26.1 Å². The Morgan fingerprint density at radius 2 is 1.67 bits per heavy atom. The molecule has 0 saturated heterocycles. The van der Waals surface area contributed by atoms with Gasteiger partial charge in [-0.2, -0.15) is 0 Å². The van der Waals surface area contributed by atoms with Gasteiger partial charge in [-0.1, -0.05) is 30.3 Å². The van der Waals surface area contributed by atoms with Crippen molar-refractivity contribution in [1.29, 1.82) is 0 Å². The smallest absolute Gasteiger partial charge is 0.252 e. The highest BCUT2D eigenvalue weighted by Crippen LogP contribution is 2.30. The largest absolute Gasteiger partial charge is 0.346 e. The summed E-state index contributed by atoms with van der Waals surface area (Å²) in [4.78, 5) is 12.9. The zero-order chi connectivity index (χ0) is 17.5. The maximum absolute atomic E-state index is 12.8. The Morgan fingerprint density at radius 1 is 1.08 bits per heavy atom. The van der Waals surface area contributed by atoms with Gasteiger partial charge in [-0.15, -0.1) is 0 Å². The molecular weight excluding hydrogens is 322 g/mol. The lowest BCUT2D eigenvalue weighted by molar-refractivity contribution is 0.0909. The summed E-state index contributed by atoms with van der Waals surface area (Å²) in [7, 11) is -3.34. The zero-order valence-electron chi connectivity index (χ0n) is 14.1. The van der Waals surface area contributed by atoms with E-state index in [1.54, 1.807) is 6.07 Å². The van der Waals surface area contributed by atoms with Crippen LogP contribution in [0.3, 0.4) is 0 Å². The van der Waals surface area contributed by atoms with Crippen molar-refractivity contribution in [3.63, 3.8) is 0 Å². The molecule has 4 nitrogen and oxygen atoms in total. The van der Waals surface area contributed by atoms with Crippen molar-refractivity contribution in [2.75, 3.05) is 6.26 Å². The lowest BCUT2D eigenvalue weighted by atomic mass is 9.97. The van der Waals surface area contributed by atoms with E-state index in [9.17, 15) is 13.2 Å². The summed E-state index contributed by atoms with van der Waals surface area (Å²) < 4.78 is 23.5. The van der Waals surface area contributed by atoms with Crippen molar-refractivity contribution >= 4 is 15.7 Å². The minimum Gasteiger partial charge on any atom is -0.346 e. The van der Waals surface area contributed by atoms with E-state index in [2.05, 4.69) is 17.4 Å². The molecule has 2 aromatic carbocycles. The van der Waals surface area contributed by atoms with Crippen molar-refractivity contribution in [3.05, 3.63) is 64.7 Å². The SMILES string of the molecule is Cc1ccc(S(C)(=O)=O)cc1C(=O)NC1(C)Cc2ccccc2C1. The van der Waals surface area contributed by atoms with Crippen LogP contribution in [-0.2, 0) is 22.7 Å². The van der Waals surface area contributed by atoms with E-state index in [0.29, 0.717) is 5.56 Å². The molecule has 0 aliphatic heterocycles. The molecular formula is C19H21NO3S. The third-order valence-corrected chi connectivity index (χ3v) is 5.69. The minimum absolute atomic E-state index is 0.165. The second-order valence-electron chi connectivity index (χ2n) is 6.89. The van der Waals surface area contributed by atoms with Gasteiger partial charge in [0.2, 0.25) is 0 Å². The number of benzene rings is 2. The summed E-state index contributed by atoms with van der Waals surface area (Å²) in [6.07, 6.45) is 2.70. The summed E-state index contributed by atoms with van der Waals surface area (Å²) in [5.41, 5.74) is 3.33. The molecule has 1 aliphatic rings. The van der Waals surface area contributed by atoms with E-state index >= 15 is 0 Å². The Hall–Kier alpha value is -2.14. The number of aryl methyl sites for hydroxylation is 1.